The molecule has 0 bridgehead atoms. The quantitative estimate of drug-likeness (QED) is 0.912. The van der Waals surface area contributed by atoms with Gasteiger partial charge in [0.1, 0.15) is 0 Å². The van der Waals surface area contributed by atoms with Crippen molar-refractivity contribution in [3.63, 3.8) is 0 Å². The standard InChI is InChI=1S/C16H17NO.ClH/c17-11-16-15-8-4-7-13(14(15)9-10-18-16)12-5-2-1-3-6-12;/h1-8,16H,9-11,17H2;1H/t16-;/m1./s1. The van der Waals surface area contributed by atoms with Gasteiger partial charge in [0.15, 0.2) is 0 Å². The molecule has 100 valence electrons. The number of benzene rings is 2. The van der Waals surface area contributed by atoms with E-state index in [4.69, 9.17) is 10.5 Å². The molecular formula is C16H18ClNO. The predicted octanol–water partition coefficient (Wildman–Crippen LogP) is 3.35. The summed E-state index contributed by atoms with van der Waals surface area (Å²) in [6.45, 7) is 1.31. The van der Waals surface area contributed by atoms with E-state index < -0.39 is 0 Å². The summed E-state index contributed by atoms with van der Waals surface area (Å²) in [5.41, 5.74) is 11.0. The van der Waals surface area contributed by atoms with Crippen molar-refractivity contribution in [3.8, 4) is 11.1 Å². The number of rotatable bonds is 2. The van der Waals surface area contributed by atoms with Gasteiger partial charge in [0, 0.05) is 6.54 Å². The summed E-state index contributed by atoms with van der Waals surface area (Å²) in [7, 11) is 0. The van der Waals surface area contributed by atoms with E-state index in [2.05, 4.69) is 42.5 Å². The maximum absolute atomic E-state index is 5.78. The molecule has 0 aliphatic carbocycles. The second-order valence-corrected chi connectivity index (χ2v) is 4.58. The number of ether oxygens (including phenoxy) is 1. The Morgan fingerprint density at radius 2 is 1.84 bits per heavy atom. The summed E-state index contributed by atoms with van der Waals surface area (Å²) < 4.78 is 5.72. The van der Waals surface area contributed by atoms with Gasteiger partial charge in [0.25, 0.3) is 0 Å². The summed E-state index contributed by atoms with van der Waals surface area (Å²) >= 11 is 0. The SMILES string of the molecule is Cl.NC[C@H]1OCCc2c(-c3ccccc3)cccc21. The monoisotopic (exact) mass is 275 g/mol. The van der Waals surface area contributed by atoms with Crippen molar-refractivity contribution in [2.24, 2.45) is 5.73 Å². The first-order chi connectivity index (χ1) is 8.90. The molecular weight excluding hydrogens is 258 g/mol. The molecule has 0 saturated heterocycles. The molecule has 3 heteroatoms. The Morgan fingerprint density at radius 3 is 2.58 bits per heavy atom. The average Bonchev–Trinajstić information content (AvgIpc) is 2.47. The summed E-state index contributed by atoms with van der Waals surface area (Å²) in [5.74, 6) is 0. The molecule has 2 N–H and O–H groups in total. The molecule has 0 amide bonds. The topological polar surface area (TPSA) is 35.2 Å². The molecule has 3 rings (SSSR count). The highest BCUT2D eigenvalue weighted by Gasteiger charge is 2.21. The van der Waals surface area contributed by atoms with E-state index in [1.54, 1.807) is 0 Å². The van der Waals surface area contributed by atoms with Gasteiger partial charge in [-0.2, -0.15) is 0 Å². The van der Waals surface area contributed by atoms with E-state index in [1.807, 2.05) is 6.07 Å². The van der Waals surface area contributed by atoms with Crippen LogP contribution in [-0.2, 0) is 11.2 Å². The fraction of sp³-hybridized carbons (Fsp3) is 0.250. The molecule has 2 aromatic carbocycles. The van der Waals surface area contributed by atoms with Crippen molar-refractivity contribution in [3.05, 3.63) is 59.7 Å². The number of fused-ring (bicyclic) bond motifs is 1. The Morgan fingerprint density at radius 1 is 1.05 bits per heavy atom. The first-order valence-corrected chi connectivity index (χ1v) is 6.39. The van der Waals surface area contributed by atoms with E-state index in [0.717, 1.165) is 13.0 Å². The number of halogens is 1. The van der Waals surface area contributed by atoms with Crippen molar-refractivity contribution in [2.45, 2.75) is 12.5 Å². The molecule has 0 spiro atoms. The van der Waals surface area contributed by atoms with Crippen LogP contribution in [0.1, 0.15) is 17.2 Å². The van der Waals surface area contributed by atoms with Gasteiger partial charge in [0.2, 0.25) is 0 Å². The second kappa shape index (κ2) is 6.20. The fourth-order valence-corrected chi connectivity index (χ4v) is 2.66. The lowest BCUT2D eigenvalue weighted by atomic mass is 9.89. The number of hydrogen-bond acceptors (Lipinski definition) is 2. The lowest BCUT2D eigenvalue weighted by Gasteiger charge is -2.27. The molecule has 2 aromatic rings. The molecule has 2 nitrogen and oxygen atoms in total. The van der Waals surface area contributed by atoms with Crippen molar-refractivity contribution >= 4 is 12.4 Å². The van der Waals surface area contributed by atoms with Gasteiger partial charge >= 0.3 is 0 Å². The first-order valence-electron chi connectivity index (χ1n) is 6.39. The molecule has 0 saturated carbocycles. The summed E-state index contributed by atoms with van der Waals surface area (Å²) in [4.78, 5) is 0. The third kappa shape index (κ3) is 2.66. The summed E-state index contributed by atoms with van der Waals surface area (Å²) in [5, 5.41) is 0. The first kappa shape index (κ1) is 14.1. The Balaban J connectivity index is 0.00000133. The smallest absolute Gasteiger partial charge is 0.0950 e. The molecule has 0 aromatic heterocycles. The van der Waals surface area contributed by atoms with E-state index >= 15 is 0 Å². The molecule has 1 heterocycles. The van der Waals surface area contributed by atoms with Crippen LogP contribution in [0, 0.1) is 0 Å². The number of nitrogens with two attached hydrogens (primary N) is 1. The minimum absolute atomic E-state index is 0. The van der Waals surface area contributed by atoms with Crippen LogP contribution in [0.15, 0.2) is 48.5 Å². The third-order valence-corrected chi connectivity index (χ3v) is 3.53. The zero-order chi connectivity index (χ0) is 12.4. The van der Waals surface area contributed by atoms with Gasteiger partial charge in [-0.05, 0) is 28.7 Å². The van der Waals surface area contributed by atoms with Crippen LogP contribution in [0.3, 0.4) is 0 Å². The second-order valence-electron chi connectivity index (χ2n) is 4.58. The van der Waals surface area contributed by atoms with Crippen LogP contribution in [0.4, 0.5) is 0 Å². The highest BCUT2D eigenvalue weighted by atomic mass is 35.5. The van der Waals surface area contributed by atoms with Crippen molar-refractivity contribution in [2.75, 3.05) is 13.2 Å². The molecule has 19 heavy (non-hydrogen) atoms. The largest absolute Gasteiger partial charge is 0.372 e. The predicted molar refractivity (Wildman–Crippen MR) is 80.6 cm³/mol. The van der Waals surface area contributed by atoms with E-state index in [0.29, 0.717) is 6.54 Å². The summed E-state index contributed by atoms with van der Waals surface area (Å²) in [6, 6.07) is 16.9. The third-order valence-electron chi connectivity index (χ3n) is 3.53. The van der Waals surface area contributed by atoms with Gasteiger partial charge in [-0.3, -0.25) is 0 Å². The maximum atomic E-state index is 5.78. The van der Waals surface area contributed by atoms with Crippen molar-refractivity contribution < 1.29 is 4.74 Å². The Hall–Kier alpha value is -1.35. The zero-order valence-corrected chi connectivity index (χ0v) is 11.5. The normalized spacial score (nSPS) is 17.4. The van der Waals surface area contributed by atoms with Crippen molar-refractivity contribution in [1.82, 2.24) is 0 Å². The Labute approximate surface area is 120 Å². The lowest BCUT2D eigenvalue weighted by molar-refractivity contribution is 0.0486. The van der Waals surface area contributed by atoms with E-state index in [1.165, 1.54) is 22.3 Å². The molecule has 1 aliphatic heterocycles. The molecule has 0 fully saturated rings. The van der Waals surface area contributed by atoms with E-state index in [-0.39, 0.29) is 18.5 Å². The fourth-order valence-electron chi connectivity index (χ4n) is 2.66. The zero-order valence-electron chi connectivity index (χ0n) is 10.7. The van der Waals surface area contributed by atoms with Gasteiger partial charge in [-0.25, -0.2) is 0 Å². The van der Waals surface area contributed by atoms with Crippen LogP contribution < -0.4 is 5.73 Å². The van der Waals surface area contributed by atoms with Gasteiger partial charge in [0.05, 0.1) is 12.7 Å². The molecule has 1 atom stereocenters. The average molecular weight is 276 g/mol. The highest BCUT2D eigenvalue weighted by Crippen LogP contribution is 2.33. The van der Waals surface area contributed by atoms with Crippen LogP contribution in [-0.4, -0.2) is 13.2 Å². The molecule has 1 aliphatic rings. The highest BCUT2D eigenvalue weighted by molar-refractivity contribution is 5.85. The Kier molecular flexibility index (Phi) is 4.59. The van der Waals surface area contributed by atoms with Crippen LogP contribution in [0.2, 0.25) is 0 Å². The van der Waals surface area contributed by atoms with Crippen LogP contribution >= 0.6 is 12.4 Å². The maximum Gasteiger partial charge on any atom is 0.0950 e. The number of hydrogen-bond donors (Lipinski definition) is 1. The van der Waals surface area contributed by atoms with Crippen LogP contribution in [0.5, 0.6) is 0 Å². The Bertz CT molecular complexity index is 542. The summed E-state index contributed by atoms with van der Waals surface area (Å²) in [6.07, 6.45) is 1.02. The van der Waals surface area contributed by atoms with Crippen LogP contribution in [0.25, 0.3) is 11.1 Å². The molecule has 0 radical (unpaired) electrons. The van der Waals surface area contributed by atoms with E-state index in [9.17, 15) is 0 Å². The molecule has 0 unspecified atom stereocenters. The van der Waals surface area contributed by atoms with Gasteiger partial charge in [-0.15, -0.1) is 12.4 Å². The lowest BCUT2D eigenvalue weighted by Crippen LogP contribution is -2.23. The minimum atomic E-state index is 0. The minimum Gasteiger partial charge on any atom is -0.372 e. The van der Waals surface area contributed by atoms with Crippen molar-refractivity contribution in [1.29, 1.82) is 0 Å². The van der Waals surface area contributed by atoms with Gasteiger partial charge in [-0.1, -0.05) is 48.5 Å². The van der Waals surface area contributed by atoms with Gasteiger partial charge < -0.3 is 10.5 Å².